The van der Waals surface area contributed by atoms with Crippen molar-refractivity contribution in [2.45, 2.75) is 33.2 Å². The van der Waals surface area contributed by atoms with Gasteiger partial charge in [0, 0.05) is 25.5 Å². The molecule has 0 fully saturated rings. The molecular weight excluding hydrogens is 352 g/mol. The molecule has 7 heteroatoms. The Kier molecular flexibility index (Phi) is 5.30. The summed E-state index contributed by atoms with van der Waals surface area (Å²) in [5, 5.41) is 8.07. The van der Waals surface area contributed by atoms with Gasteiger partial charge in [0.05, 0.1) is 5.69 Å². The summed E-state index contributed by atoms with van der Waals surface area (Å²) >= 11 is 0. The molecule has 1 aliphatic heterocycles. The molecule has 0 saturated heterocycles. The maximum atomic E-state index is 13.2. The first-order valence-electron chi connectivity index (χ1n) is 8.54. The average Bonchev–Trinajstić information content (AvgIpc) is 2.61. The average molecular weight is 371 g/mol. The van der Waals surface area contributed by atoms with Crippen molar-refractivity contribution < 1.29 is 18.4 Å². The molecule has 1 N–H and O–H groups in total. The van der Waals surface area contributed by atoms with Crippen molar-refractivity contribution in [2.75, 3.05) is 5.01 Å². The van der Waals surface area contributed by atoms with Crippen molar-refractivity contribution in [3.05, 3.63) is 64.7 Å². The molecule has 0 saturated carbocycles. The first-order valence-corrected chi connectivity index (χ1v) is 8.54. The summed E-state index contributed by atoms with van der Waals surface area (Å²) in [4.78, 5) is 24.7. The van der Waals surface area contributed by atoms with Gasteiger partial charge in [-0.3, -0.25) is 9.59 Å². The van der Waals surface area contributed by atoms with Crippen LogP contribution >= 0.6 is 0 Å². The number of aryl methyl sites for hydroxylation is 2. The number of hydrogen-bond acceptors (Lipinski definition) is 3. The fourth-order valence-corrected chi connectivity index (χ4v) is 2.85. The van der Waals surface area contributed by atoms with Crippen LogP contribution in [0.3, 0.4) is 0 Å². The number of nitrogens with zero attached hydrogens (tertiary/aromatic N) is 2. The second-order valence-corrected chi connectivity index (χ2v) is 6.50. The van der Waals surface area contributed by atoms with E-state index in [2.05, 4.69) is 10.4 Å². The summed E-state index contributed by atoms with van der Waals surface area (Å²) < 4.78 is 26.5. The Morgan fingerprint density at radius 1 is 1.11 bits per heavy atom. The minimum Gasteiger partial charge on any atom is -0.347 e. The van der Waals surface area contributed by atoms with Crippen LogP contribution in [0.5, 0.6) is 0 Å². The number of anilines is 1. The molecular formula is C20H19F2N3O2. The molecule has 140 valence electrons. The molecule has 0 bridgehead atoms. The number of halogens is 2. The smallest absolute Gasteiger partial charge is 0.267 e. The number of nitrogens with one attached hydrogen (secondary N) is 1. The Bertz CT molecular complexity index is 921. The molecule has 0 aromatic heterocycles. The SMILES string of the molecule is Cc1ccc(C)c(N2N=C(C(=O)NCc3cc(F)cc(F)c3)CCC2=O)c1. The normalized spacial score (nSPS) is 14.1. The molecule has 2 aromatic rings. The molecule has 2 amide bonds. The first kappa shape index (κ1) is 18.7. The summed E-state index contributed by atoms with van der Waals surface area (Å²) in [6, 6.07) is 8.73. The first-order chi connectivity index (χ1) is 12.8. The Morgan fingerprint density at radius 3 is 2.52 bits per heavy atom. The Labute approximate surface area is 155 Å². The Morgan fingerprint density at radius 2 is 1.81 bits per heavy atom. The maximum Gasteiger partial charge on any atom is 0.267 e. The third-order valence-corrected chi connectivity index (χ3v) is 4.26. The minimum atomic E-state index is -0.707. The highest BCUT2D eigenvalue weighted by Gasteiger charge is 2.26. The van der Waals surface area contributed by atoms with Crippen molar-refractivity contribution in [3.8, 4) is 0 Å². The lowest BCUT2D eigenvalue weighted by molar-refractivity contribution is -0.119. The summed E-state index contributed by atoms with van der Waals surface area (Å²) in [5.41, 5.74) is 2.99. The molecule has 0 spiro atoms. The molecule has 1 aliphatic rings. The number of carbonyl (C=O) groups is 2. The lowest BCUT2D eigenvalue weighted by Gasteiger charge is -2.24. The largest absolute Gasteiger partial charge is 0.347 e. The molecule has 0 atom stereocenters. The van der Waals surface area contributed by atoms with E-state index in [9.17, 15) is 18.4 Å². The van der Waals surface area contributed by atoms with Crippen molar-refractivity contribution in [3.63, 3.8) is 0 Å². The monoisotopic (exact) mass is 371 g/mol. The quantitative estimate of drug-likeness (QED) is 0.896. The van der Waals surface area contributed by atoms with Gasteiger partial charge < -0.3 is 5.32 Å². The summed E-state index contributed by atoms with van der Waals surface area (Å²) in [6.45, 7) is 3.74. The number of amides is 2. The van der Waals surface area contributed by atoms with E-state index in [1.165, 1.54) is 5.01 Å². The minimum absolute atomic E-state index is 0.0377. The van der Waals surface area contributed by atoms with Crippen LogP contribution in [-0.4, -0.2) is 17.5 Å². The molecule has 5 nitrogen and oxygen atoms in total. The van der Waals surface area contributed by atoms with Crippen LogP contribution in [0, 0.1) is 25.5 Å². The van der Waals surface area contributed by atoms with Gasteiger partial charge in [0.15, 0.2) is 0 Å². The predicted molar refractivity (Wildman–Crippen MR) is 98.3 cm³/mol. The zero-order valence-corrected chi connectivity index (χ0v) is 15.1. The van der Waals surface area contributed by atoms with E-state index in [1.54, 1.807) is 0 Å². The number of hydrazone groups is 1. The van der Waals surface area contributed by atoms with Crippen molar-refractivity contribution in [2.24, 2.45) is 5.10 Å². The van der Waals surface area contributed by atoms with E-state index in [-0.39, 0.29) is 31.0 Å². The van der Waals surface area contributed by atoms with Crippen LogP contribution in [0.4, 0.5) is 14.5 Å². The summed E-state index contributed by atoms with van der Waals surface area (Å²) in [7, 11) is 0. The van der Waals surface area contributed by atoms with Crippen molar-refractivity contribution in [1.29, 1.82) is 0 Å². The third kappa shape index (κ3) is 4.36. The van der Waals surface area contributed by atoms with Gasteiger partial charge >= 0.3 is 0 Å². The van der Waals surface area contributed by atoms with Crippen LogP contribution < -0.4 is 10.3 Å². The molecule has 0 unspecified atom stereocenters. The van der Waals surface area contributed by atoms with Crippen molar-refractivity contribution >= 4 is 23.2 Å². The van der Waals surface area contributed by atoms with Gasteiger partial charge in [-0.2, -0.15) is 5.10 Å². The molecule has 1 heterocycles. The highest BCUT2D eigenvalue weighted by molar-refractivity contribution is 6.40. The lowest BCUT2D eigenvalue weighted by atomic mass is 10.1. The second kappa shape index (κ2) is 7.65. The lowest BCUT2D eigenvalue weighted by Crippen LogP contribution is -2.39. The fraction of sp³-hybridized carbons (Fsp3) is 0.250. The Balaban J connectivity index is 1.78. The van der Waals surface area contributed by atoms with Gasteiger partial charge in [-0.05, 0) is 48.7 Å². The molecule has 27 heavy (non-hydrogen) atoms. The Hall–Kier alpha value is -3.09. The van der Waals surface area contributed by atoms with E-state index < -0.39 is 17.5 Å². The van der Waals surface area contributed by atoms with Gasteiger partial charge in [-0.15, -0.1) is 0 Å². The van der Waals surface area contributed by atoms with Gasteiger partial charge in [0.2, 0.25) is 5.91 Å². The highest BCUT2D eigenvalue weighted by atomic mass is 19.1. The van der Waals surface area contributed by atoms with Gasteiger partial charge in [0.1, 0.15) is 17.3 Å². The van der Waals surface area contributed by atoms with Crippen LogP contribution in [0.25, 0.3) is 0 Å². The standard InChI is InChI=1S/C20H19F2N3O2/c1-12-3-4-13(2)18(7-12)25-19(26)6-5-17(24-25)20(27)23-11-14-8-15(21)10-16(22)9-14/h3-4,7-10H,5-6,11H2,1-2H3,(H,23,27). The number of rotatable bonds is 4. The number of carbonyl (C=O) groups excluding carboxylic acids is 2. The molecule has 3 rings (SSSR count). The van der Waals surface area contributed by atoms with Crippen molar-refractivity contribution in [1.82, 2.24) is 5.32 Å². The maximum absolute atomic E-state index is 13.2. The topological polar surface area (TPSA) is 61.8 Å². The van der Waals surface area contributed by atoms with Crippen LogP contribution in [0.2, 0.25) is 0 Å². The van der Waals surface area contributed by atoms with Gasteiger partial charge in [-0.1, -0.05) is 12.1 Å². The van der Waals surface area contributed by atoms with E-state index in [4.69, 9.17) is 0 Å². The molecule has 2 aromatic carbocycles. The third-order valence-electron chi connectivity index (χ3n) is 4.26. The fourth-order valence-electron chi connectivity index (χ4n) is 2.85. The second-order valence-electron chi connectivity index (χ2n) is 6.50. The van der Waals surface area contributed by atoms with E-state index in [1.807, 2.05) is 32.0 Å². The summed E-state index contributed by atoms with van der Waals surface area (Å²) in [5.74, 6) is -2.07. The highest BCUT2D eigenvalue weighted by Crippen LogP contribution is 2.25. The zero-order chi connectivity index (χ0) is 19.6. The number of benzene rings is 2. The number of hydrogen-bond donors (Lipinski definition) is 1. The van der Waals surface area contributed by atoms with Gasteiger partial charge in [0.25, 0.3) is 5.91 Å². The molecule has 0 radical (unpaired) electrons. The summed E-state index contributed by atoms with van der Waals surface area (Å²) in [6.07, 6.45) is 0.373. The van der Waals surface area contributed by atoms with Crippen LogP contribution in [0.15, 0.2) is 41.5 Å². The van der Waals surface area contributed by atoms with Crippen LogP contribution in [-0.2, 0) is 16.1 Å². The molecule has 0 aliphatic carbocycles. The van der Waals surface area contributed by atoms with E-state index in [0.29, 0.717) is 11.3 Å². The van der Waals surface area contributed by atoms with E-state index >= 15 is 0 Å². The van der Waals surface area contributed by atoms with Crippen LogP contribution in [0.1, 0.15) is 29.5 Å². The van der Waals surface area contributed by atoms with E-state index in [0.717, 1.165) is 29.3 Å². The predicted octanol–water partition coefficient (Wildman–Crippen LogP) is 3.38. The van der Waals surface area contributed by atoms with Gasteiger partial charge in [-0.25, -0.2) is 13.8 Å². The zero-order valence-electron chi connectivity index (χ0n) is 15.1.